The number of esters is 1. The lowest BCUT2D eigenvalue weighted by Crippen LogP contribution is -2.61. The van der Waals surface area contributed by atoms with Gasteiger partial charge in [-0.2, -0.15) is 0 Å². The molecule has 4 unspecified atom stereocenters. The van der Waals surface area contributed by atoms with Gasteiger partial charge in [-0.15, -0.1) is 0 Å². The van der Waals surface area contributed by atoms with Crippen LogP contribution in [0.5, 0.6) is 0 Å². The molecule has 1 saturated carbocycles. The first-order chi connectivity index (χ1) is 9.60. The Balaban J connectivity index is 2.07. The van der Waals surface area contributed by atoms with Gasteiger partial charge in [-0.25, -0.2) is 0 Å². The monoisotopic (exact) mass is 283 g/mol. The molecule has 0 bridgehead atoms. The third-order valence-electron chi connectivity index (χ3n) is 5.17. The predicted octanol–water partition coefficient (Wildman–Crippen LogP) is 2.51. The average Bonchev–Trinajstić information content (AvgIpc) is 2.94. The van der Waals surface area contributed by atoms with E-state index in [4.69, 9.17) is 9.47 Å². The molecule has 0 radical (unpaired) electrons. The lowest BCUT2D eigenvalue weighted by atomic mass is 9.68. The summed E-state index contributed by atoms with van der Waals surface area (Å²) in [6.07, 6.45) is 5.64. The highest BCUT2D eigenvalue weighted by Crippen LogP contribution is 2.38. The van der Waals surface area contributed by atoms with Crippen LogP contribution in [0.4, 0.5) is 0 Å². The van der Waals surface area contributed by atoms with Crippen molar-refractivity contribution in [3.63, 3.8) is 0 Å². The van der Waals surface area contributed by atoms with E-state index in [-0.39, 0.29) is 12.1 Å². The van der Waals surface area contributed by atoms with E-state index < -0.39 is 5.54 Å². The van der Waals surface area contributed by atoms with Gasteiger partial charge in [0.15, 0.2) is 0 Å². The van der Waals surface area contributed by atoms with Gasteiger partial charge in [-0.3, -0.25) is 10.1 Å². The van der Waals surface area contributed by atoms with Crippen LogP contribution in [0, 0.1) is 11.8 Å². The van der Waals surface area contributed by atoms with Crippen molar-refractivity contribution in [3.8, 4) is 0 Å². The molecular formula is C16H29NO3. The molecular weight excluding hydrogens is 254 g/mol. The molecule has 2 rings (SSSR count). The summed E-state index contributed by atoms with van der Waals surface area (Å²) in [7, 11) is 0. The van der Waals surface area contributed by atoms with Crippen LogP contribution in [-0.2, 0) is 14.3 Å². The van der Waals surface area contributed by atoms with Crippen LogP contribution in [-0.4, -0.2) is 37.4 Å². The summed E-state index contributed by atoms with van der Waals surface area (Å²) in [6.45, 7) is 8.36. The van der Waals surface area contributed by atoms with Crippen LogP contribution in [0.15, 0.2) is 0 Å². The predicted molar refractivity (Wildman–Crippen MR) is 78.5 cm³/mol. The lowest BCUT2D eigenvalue weighted by Gasteiger charge is -2.44. The fourth-order valence-corrected chi connectivity index (χ4v) is 3.64. The van der Waals surface area contributed by atoms with Crippen LogP contribution in [0.3, 0.4) is 0 Å². The highest BCUT2D eigenvalue weighted by molar-refractivity contribution is 5.81. The van der Waals surface area contributed by atoms with Crippen molar-refractivity contribution in [3.05, 3.63) is 0 Å². The first-order valence-corrected chi connectivity index (χ1v) is 8.14. The van der Waals surface area contributed by atoms with Crippen molar-refractivity contribution in [2.75, 3.05) is 19.8 Å². The van der Waals surface area contributed by atoms with Gasteiger partial charge in [0.2, 0.25) is 0 Å². The summed E-state index contributed by atoms with van der Waals surface area (Å²) in [5, 5.41) is 3.54. The molecule has 4 atom stereocenters. The minimum atomic E-state index is -0.514. The zero-order valence-corrected chi connectivity index (χ0v) is 13.1. The molecule has 1 heterocycles. The zero-order chi connectivity index (χ0) is 14.6. The first-order valence-electron chi connectivity index (χ1n) is 8.14. The number of rotatable bonds is 5. The van der Waals surface area contributed by atoms with Gasteiger partial charge in [-0.05, 0) is 38.0 Å². The largest absolute Gasteiger partial charge is 0.465 e. The summed E-state index contributed by atoms with van der Waals surface area (Å²) in [6, 6.07) is 0. The van der Waals surface area contributed by atoms with Gasteiger partial charge in [0.05, 0.1) is 12.7 Å². The zero-order valence-electron chi connectivity index (χ0n) is 13.1. The fraction of sp³-hybridized carbons (Fsp3) is 0.938. The number of hydrogen-bond donors (Lipinski definition) is 1. The summed E-state index contributed by atoms with van der Waals surface area (Å²) >= 11 is 0. The van der Waals surface area contributed by atoms with E-state index >= 15 is 0 Å². The number of nitrogens with one attached hydrogen (secondary N) is 1. The molecule has 0 spiro atoms. The van der Waals surface area contributed by atoms with Crippen LogP contribution in [0.25, 0.3) is 0 Å². The van der Waals surface area contributed by atoms with Crippen molar-refractivity contribution in [2.45, 2.75) is 64.5 Å². The van der Waals surface area contributed by atoms with Crippen molar-refractivity contribution in [1.29, 1.82) is 0 Å². The number of ether oxygens (including phenoxy) is 2. The summed E-state index contributed by atoms with van der Waals surface area (Å²) in [5.41, 5.74) is -0.514. The maximum atomic E-state index is 12.6. The van der Waals surface area contributed by atoms with Crippen LogP contribution >= 0.6 is 0 Å². The Morgan fingerprint density at radius 1 is 1.35 bits per heavy atom. The molecule has 1 aliphatic carbocycles. The normalized spacial score (nSPS) is 37.9. The van der Waals surface area contributed by atoms with Gasteiger partial charge in [0.25, 0.3) is 0 Å². The van der Waals surface area contributed by atoms with E-state index in [1.54, 1.807) is 0 Å². The second-order valence-corrected chi connectivity index (χ2v) is 6.37. The van der Waals surface area contributed by atoms with E-state index in [2.05, 4.69) is 19.2 Å². The molecule has 20 heavy (non-hydrogen) atoms. The molecule has 1 aliphatic heterocycles. The van der Waals surface area contributed by atoms with Crippen LogP contribution in [0.2, 0.25) is 0 Å². The average molecular weight is 283 g/mol. The Morgan fingerprint density at radius 2 is 2.15 bits per heavy atom. The van der Waals surface area contributed by atoms with Gasteiger partial charge in [-0.1, -0.05) is 26.7 Å². The number of hydrogen-bond acceptors (Lipinski definition) is 4. The van der Waals surface area contributed by atoms with Crippen LogP contribution < -0.4 is 5.32 Å². The molecule has 0 amide bonds. The van der Waals surface area contributed by atoms with Crippen LogP contribution in [0.1, 0.15) is 52.9 Å². The quantitative estimate of drug-likeness (QED) is 0.788. The second kappa shape index (κ2) is 6.90. The van der Waals surface area contributed by atoms with Crippen molar-refractivity contribution in [1.82, 2.24) is 5.32 Å². The van der Waals surface area contributed by atoms with Crippen molar-refractivity contribution in [2.24, 2.45) is 11.8 Å². The molecule has 4 heteroatoms. The fourth-order valence-electron chi connectivity index (χ4n) is 3.64. The molecule has 2 fully saturated rings. The molecule has 1 saturated heterocycles. The molecule has 0 aromatic heterocycles. The standard InChI is InChI=1S/C16H29NO3/c1-4-19-15(18)16(9-5-7-12(2)13(16)3)17-11-14-8-6-10-20-14/h12-14,17H,4-11H2,1-3H3. The van der Waals surface area contributed by atoms with Gasteiger partial charge >= 0.3 is 5.97 Å². The van der Waals surface area contributed by atoms with E-state index in [1.807, 2.05) is 6.92 Å². The second-order valence-electron chi connectivity index (χ2n) is 6.37. The smallest absolute Gasteiger partial charge is 0.326 e. The van der Waals surface area contributed by atoms with E-state index in [9.17, 15) is 4.79 Å². The topological polar surface area (TPSA) is 47.6 Å². The first kappa shape index (κ1) is 15.8. The molecule has 2 aliphatic rings. The Hall–Kier alpha value is -0.610. The highest BCUT2D eigenvalue weighted by Gasteiger charge is 2.48. The third kappa shape index (κ3) is 3.17. The molecule has 0 aromatic rings. The van der Waals surface area contributed by atoms with Gasteiger partial charge in [0.1, 0.15) is 5.54 Å². The maximum absolute atomic E-state index is 12.6. The summed E-state index contributed by atoms with van der Waals surface area (Å²) < 4.78 is 11.1. The van der Waals surface area contributed by atoms with Gasteiger partial charge < -0.3 is 9.47 Å². The van der Waals surface area contributed by atoms with E-state index in [1.165, 1.54) is 6.42 Å². The molecule has 4 nitrogen and oxygen atoms in total. The maximum Gasteiger partial charge on any atom is 0.326 e. The molecule has 116 valence electrons. The lowest BCUT2D eigenvalue weighted by molar-refractivity contribution is -0.157. The highest BCUT2D eigenvalue weighted by atomic mass is 16.5. The Bertz CT molecular complexity index is 328. The number of carbonyl (C=O) groups excluding carboxylic acids is 1. The molecule has 0 aromatic carbocycles. The summed E-state index contributed by atoms with van der Waals surface area (Å²) in [5.74, 6) is 0.777. The van der Waals surface area contributed by atoms with Gasteiger partial charge in [0, 0.05) is 13.2 Å². The minimum absolute atomic E-state index is 0.0722. The Labute approximate surface area is 122 Å². The van der Waals surface area contributed by atoms with Crippen molar-refractivity contribution < 1.29 is 14.3 Å². The van der Waals surface area contributed by atoms with Crippen molar-refractivity contribution >= 4 is 5.97 Å². The molecule has 1 N–H and O–H groups in total. The SMILES string of the molecule is CCOC(=O)C1(NCC2CCCO2)CCCC(C)C1C. The Kier molecular flexibility index (Phi) is 5.44. The minimum Gasteiger partial charge on any atom is -0.465 e. The Morgan fingerprint density at radius 3 is 2.80 bits per heavy atom. The third-order valence-corrected chi connectivity index (χ3v) is 5.17. The van der Waals surface area contributed by atoms with E-state index in [0.29, 0.717) is 18.4 Å². The number of carbonyl (C=O) groups is 1. The van der Waals surface area contributed by atoms with E-state index in [0.717, 1.165) is 38.8 Å². The summed E-state index contributed by atoms with van der Waals surface area (Å²) in [4.78, 5) is 12.6.